The van der Waals surface area contributed by atoms with Gasteiger partial charge in [0.2, 0.25) is 5.95 Å². The standard InChI is InChI=1S/C24H32N6O3S/c1-11(14-5-4-6-14)26-24-27-12(2)18(23-29-19-13(3)25-8-7-17(19)34-23)22(30-24)28-16-9-15(10-31)20(32)21(16)33/h7-8,11,14-16,20-21,31-33H,4-6,9-10H2,1-3H3,(H2,26,27,28,30)/t11-,15-,16?,20-,21+/m1/s1. The molecule has 5 rings (SSSR count). The molecule has 3 aromatic rings. The molecule has 0 radical (unpaired) electrons. The maximum Gasteiger partial charge on any atom is 0.225 e. The summed E-state index contributed by atoms with van der Waals surface area (Å²) in [7, 11) is 0. The first-order valence-electron chi connectivity index (χ1n) is 12.0. The van der Waals surface area contributed by atoms with Crippen LogP contribution in [0.5, 0.6) is 0 Å². The van der Waals surface area contributed by atoms with Crippen molar-refractivity contribution < 1.29 is 15.3 Å². The third-order valence-corrected chi connectivity index (χ3v) is 8.40. The molecule has 0 aliphatic heterocycles. The minimum absolute atomic E-state index is 0.179. The molecule has 34 heavy (non-hydrogen) atoms. The van der Waals surface area contributed by atoms with Crippen LogP contribution in [0.2, 0.25) is 0 Å². The third kappa shape index (κ3) is 4.24. The lowest BCUT2D eigenvalue weighted by Gasteiger charge is -2.32. The number of aryl methyl sites for hydroxylation is 2. The molecule has 0 saturated heterocycles. The van der Waals surface area contributed by atoms with Crippen LogP contribution in [0.25, 0.3) is 20.8 Å². The van der Waals surface area contributed by atoms with Crippen molar-refractivity contribution in [1.82, 2.24) is 19.9 Å². The van der Waals surface area contributed by atoms with Gasteiger partial charge >= 0.3 is 0 Å². The minimum atomic E-state index is -1.01. The molecule has 0 amide bonds. The Morgan fingerprint density at radius 2 is 1.91 bits per heavy atom. The van der Waals surface area contributed by atoms with Crippen molar-refractivity contribution in [3.8, 4) is 10.6 Å². The predicted octanol–water partition coefficient (Wildman–Crippen LogP) is 2.88. The highest BCUT2D eigenvalue weighted by atomic mass is 32.1. The Kier molecular flexibility index (Phi) is 6.41. The molecule has 1 unspecified atom stereocenters. The van der Waals surface area contributed by atoms with E-state index in [0.29, 0.717) is 24.1 Å². The molecular weight excluding hydrogens is 452 g/mol. The molecule has 2 aliphatic rings. The van der Waals surface area contributed by atoms with Crippen LogP contribution >= 0.6 is 11.3 Å². The van der Waals surface area contributed by atoms with Crippen LogP contribution in [0.3, 0.4) is 0 Å². The highest BCUT2D eigenvalue weighted by Gasteiger charge is 2.41. The number of thiazole rings is 1. The Morgan fingerprint density at radius 1 is 1.12 bits per heavy atom. The zero-order chi connectivity index (χ0) is 24.0. The van der Waals surface area contributed by atoms with Crippen molar-refractivity contribution >= 4 is 33.3 Å². The highest BCUT2D eigenvalue weighted by Crippen LogP contribution is 2.39. The van der Waals surface area contributed by atoms with Gasteiger partial charge in [-0.25, -0.2) is 9.97 Å². The van der Waals surface area contributed by atoms with E-state index in [9.17, 15) is 15.3 Å². The van der Waals surface area contributed by atoms with Crippen molar-refractivity contribution in [2.75, 3.05) is 17.2 Å². The Hall–Kier alpha value is -2.40. The number of pyridine rings is 1. The molecule has 0 aromatic carbocycles. The van der Waals surface area contributed by atoms with E-state index in [1.54, 1.807) is 17.5 Å². The lowest BCUT2D eigenvalue weighted by atomic mass is 9.80. The van der Waals surface area contributed by atoms with Crippen molar-refractivity contribution in [1.29, 1.82) is 0 Å². The summed E-state index contributed by atoms with van der Waals surface area (Å²) in [4.78, 5) is 18.8. The van der Waals surface area contributed by atoms with Crippen LogP contribution in [0.15, 0.2) is 12.3 Å². The van der Waals surface area contributed by atoms with Gasteiger partial charge in [0.25, 0.3) is 0 Å². The van der Waals surface area contributed by atoms with Crippen LogP contribution < -0.4 is 10.6 Å². The van der Waals surface area contributed by atoms with Crippen LogP contribution in [-0.4, -0.2) is 66.2 Å². The molecule has 10 heteroatoms. The maximum atomic E-state index is 10.6. The lowest BCUT2D eigenvalue weighted by Crippen LogP contribution is -2.36. The molecule has 182 valence electrons. The molecule has 9 nitrogen and oxygen atoms in total. The van der Waals surface area contributed by atoms with Gasteiger partial charge in [-0.1, -0.05) is 6.42 Å². The molecular formula is C24H32N6O3S. The van der Waals surface area contributed by atoms with Crippen molar-refractivity contribution in [3.63, 3.8) is 0 Å². The zero-order valence-electron chi connectivity index (χ0n) is 19.7. The lowest BCUT2D eigenvalue weighted by molar-refractivity contribution is 0.00446. The Balaban J connectivity index is 1.54. The Labute approximate surface area is 202 Å². The summed E-state index contributed by atoms with van der Waals surface area (Å²) < 4.78 is 1.03. The first-order chi connectivity index (χ1) is 16.4. The van der Waals surface area contributed by atoms with Gasteiger partial charge in [0, 0.05) is 24.8 Å². The summed E-state index contributed by atoms with van der Waals surface area (Å²) in [5.41, 5.74) is 3.26. The number of nitrogens with one attached hydrogen (secondary N) is 2. The molecule has 0 bridgehead atoms. The molecule has 3 aromatic heterocycles. The number of aliphatic hydroxyl groups excluding tert-OH is 3. The third-order valence-electron chi connectivity index (χ3n) is 7.37. The quantitative estimate of drug-likeness (QED) is 0.343. The fourth-order valence-corrected chi connectivity index (χ4v) is 6.08. The molecule has 5 N–H and O–H groups in total. The Morgan fingerprint density at radius 3 is 2.56 bits per heavy atom. The van der Waals surface area contributed by atoms with Crippen LogP contribution in [-0.2, 0) is 0 Å². The van der Waals surface area contributed by atoms with Crippen molar-refractivity contribution in [2.45, 2.75) is 70.7 Å². The number of aliphatic hydroxyl groups is 3. The summed E-state index contributed by atoms with van der Waals surface area (Å²) in [5, 5.41) is 38.1. The molecule has 3 heterocycles. The van der Waals surface area contributed by atoms with Gasteiger partial charge in [0.15, 0.2) is 0 Å². The van der Waals surface area contributed by atoms with Gasteiger partial charge in [0.1, 0.15) is 22.4 Å². The maximum absolute atomic E-state index is 10.6. The molecule has 0 spiro atoms. The number of nitrogens with zero attached hydrogens (tertiary/aromatic N) is 4. The molecule has 2 aliphatic carbocycles. The van der Waals surface area contributed by atoms with Crippen LogP contribution in [0, 0.1) is 25.7 Å². The fraction of sp³-hybridized carbons (Fsp3) is 0.583. The van der Waals surface area contributed by atoms with Gasteiger partial charge < -0.3 is 26.0 Å². The number of aromatic nitrogens is 4. The molecule has 2 saturated carbocycles. The van der Waals surface area contributed by atoms with Gasteiger partial charge in [-0.3, -0.25) is 4.98 Å². The summed E-state index contributed by atoms with van der Waals surface area (Å²) >= 11 is 1.55. The molecule has 5 atom stereocenters. The number of rotatable bonds is 7. The SMILES string of the molecule is Cc1nc(N[C@H](C)C2CCC2)nc(NC2C[C@H](CO)[C@@H](O)[C@H]2O)c1-c1nc2c(C)nccc2s1. The minimum Gasteiger partial charge on any atom is -0.396 e. The van der Waals surface area contributed by atoms with E-state index in [1.807, 2.05) is 19.9 Å². The average Bonchev–Trinajstić information content (AvgIpc) is 3.29. The number of fused-ring (bicyclic) bond motifs is 1. The van der Waals surface area contributed by atoms with E-state index in [-0.39, 0.29) is 18.6 Å². The molecule has 2 fully saturated rings. The van der Waals surface area contributed by atoms with E-state index in [2.05, 4.69) is 22.5 Å². The van der Waals surface area contributed by atoms with E-state index in [4.69, 9.17) is 15.0 Å². The topological polar surface area (TPSA) is 136 Å². The second-order valence-electron chi connectivity index (χ2n) is 9.65. The van der Waals surface area contributed by atoms with Crippen molar-refractivity contribution in [2.24, 2.45) is 11.8 Å². The van der Waals surface area contributed by atoms with Gasteiger partial charge in [0.05, 0.1) is 33.8 Å². The smallest absolute Gasteiger partial charge is 0.225 e. The first kappa shape index (κ1) is 23.3. The second-order valence-corrected chi connectivity index (χ2v) is 10.7. The Bertz CT molecular complexity index is 1180. The van der Waals surface area contributed by atoms with Crippen LogP contribution in [0.4, 0.5) is 11.8 Å². The highest BCUT2D eigenvalue weighted by molar-refractivity contribution is 7.21. The predicted molar refractivity (Wildman–Crippen MR) is 133 cm³/mol. The van der Waals surface area contributed by atoms with Gasteiger partial charge in [-0.05, 0) is 52.0 Å². The van der Waals surface area contributed by atoms with E-state index in [0.717, 1.165) is 32.2 Å². The summed E-state index contributed by atoms with van der Waals surface area (Å²) in [6, 6.07) is 1.77. The van der Waals surface area contributed by atoms with E-state index in [1.165, 1.54) is 19.3 Å². The largest absolute Gasteiger partial charge is 0.396 e. The second kappa shape index (κ2) is 9.33. The normalized spacial score (nSPS) is 25.9. The fourth-order valence-electron chi connectivity index (χ4n) is 4.97. The zero-order valence-corrected chi connectivity index (χ0v) is 20.5. The van der Waals surface area contributed by atoms with E-state index >= 15 is 0 Å². The summed E-state index contributed by atoms with van der Waals surface area (Å²) in [6.07, 6.45) is 3.91. The number of hydrogen-bond acceptors (Lipinski definition) is 10. The van der Waals surface area contributed by atoms with Crippen LogP contribution in [0.1, 0.15) is 44.0 Å². The number of anilines is 2. The summed E-state index contributed by atoms with van der Waals surface area (Å²) in [5.74, 6) is 1.34. The van der Waals surface area contributed by atoms with Crippen molar-refractivity contribution in [3.05, 3.63) is 23.7 Å². The first-order valence-corrected chi connectivity index (χ1v) is 12.8. The van der Waals surface area contributed by atoms with E-state index < -0.39 is 18.2 Å². The number of hydrogen-bond donors (Lipinski definition) is 5. The monoisotopic (exact) mass is 484 g/mol. The van der Waals surface area contributed by atoms with Gasteiger partial charge in [-0.2, -0.15) is 4.98 Å². The summed E-state index contributed by atoms with van der Waals surface area (Å²) in [6.45, 7) is 5.86. The average molecular weight is 485 g/mol. The van der Waals surface area contributed by atoms with Gasteiger partial charge in [-0.15, -0.1) is 11.3 Å².